The minimum atomic E-state index is -0.233. The third-order valence-corrected chi connectivity index (χ3v) is 3.06. The molecule has 0 spiro atoms. The molecule has 1 aromatic carbocycles. The SMILES string of the molecule is CC(C)CN(CC(C)C)C(=O)NCCc1ccc(F)cc1. The second kappa shape index (κ2) is 8.65. The second-order valence-corrected chi connectivity index (χ2v) is 6.30. The number of hydrogen-bond acceptors (Lipinski definition) is 1. The van der Waals surface area contributed by atoms with E-state index in [2.05, 4.69) is 33.0 Å². The molecule has 0 radical (unpaired) electrons. The minimum Gasteiger partial charge on any atom is -0.338 e. The highest BCUT2D eigenvalue weighted by molar-refractivity contribution is 5.74. The molecule has 0 aromatic heterocycles. The van der Waals surface area contributed by atoms with Crippen molar-refractivity contribution in [3.05, 3.63) is 35.6 Å². The lowest BCUT2D eigenvalue weighted by atomic mass is 10.1. The number of carbonyl (C=O) groups excluding carboxylic acids is 1. The number of nitrogens with zero attached hydrogens (tertiary/aromatic N) is 1. The first-order valence-electron chi connectivity index (χ1n) is 7.65. The van der Waals surface area contributed by atoms with Crippen molar-refractivity contribution in [3.8, 4) is 0 Å². The van der Waals surface area contributed by atoms with Crippen molar-refractivity contribution in [3.63, 3.8) is 0 Å². The molecule has 1 aromatic rings. The lowest BCUT2D eigenvalue weighted by Crippen LogP contribution is -2.44. The van der Waals surface area contributed by atoms with E-state index < -0.39 is 0 Å². The molecule has 1 N–H and O–H groups in total. The maximum Gasteiger partial charge on any atom is 0.317 e. The molecule has 0 aliphatic rings. The Balaban J connectivity index is 2.43. The standard InChI is InChI=1S/C17H27FN2O/c1-13(2)11-20(12-14(3)4)17(21)19-10-9-15-5-7-16(18)8-6-15/h5-8,13-14H,9-12H2,1-4H3,(H,19,21). The quantitative estimate of drug-likeness (QED) is 0.817. The number of benzene rings is 1. The summed E-state index contributed by atoms with van der Waals surface area (Å²) in [4.78, 5) is 14.1. The molecule has 0 saturated carbocycles. The normalized spacial score (nSPS) is 11.0. The number of urea groups is 1. The van der Waals surface area contributed by atoms with Crippen molar-refractivity contribution >= 4 is 6.03 Å². The average Bonchev–Trinajstić information content (AvgIpc) is 2.39. The Kier molecular flexibility index (Phi) is 7.20. The van der Waals surface area contributed by atoms with Crippen LogP contribution in [-0.4, -0.2) is 30.6 Å². The molecule has 0 saturated heterocycles. The summed E-state index contributed by atoms with van der Waals surface area (Å²) in [6, 6.07) is 6.38. The van der Waals surface area contributed by atoms with Crippen molar-refractivity contribution in [1.82, 2.24) is 10.2 Å². The fourth-order valence-electron chi connectivity index (χ4n) is 2.20. The van der Waals surface area contributed by atoms with E-state index in [1.165, 1.54) is 12.1 Å². The van der Waals surface area contributed by atoms with Crippen molar-refractivity contribution in [2.45, 2.75) is 34.1 Å². The molecule has 0 heterocycles. The topological polar surface area (TPSA) is 32.3 Å². The van der Waals surface area contributed by atoms with Crippen molar-refractivity contribution in [2.24, 2.45) is 11.8 Å². The summed E-state index contributed by atoms with van der Waals surface area (Å²) in [5, 5.41) is 2.95. The number of hydrogen-bond donors (Lipinski definition) is 1. The summed E-state index contributed by atoms with van der Waals surface area (Å²) in [7, 11) is 0. The number of rotatable bonds is 7. The molecule has 3 nitrogen and oxygen atoms in total. The Labute approximate surface area is 127 Å². The van der Waals surface area contributed by atoms with Crippen LogP contribution in [0.2, 0.25) is 0 Å². The highest BCUT2D eigenvalue weighted by Crippen LogP contribution is 2.05. The third kappa shape index (κ3) is 7.11. The Morgan fingerprint density at radius 1 is 1.10 bits per heavy atom. The first-order valence-corrected chi connectivity index (χ1v) is 7.65. The third-order valence-electron chi connectivity index (χ3n) is 3.06. The highest BCUT2D eigenvalue weighted by atomic mass is 19.1. The Hall–Kier alpha value is -1.58. The molecule has 0 atom stereocenters. The molecule has 4 heteroatoms. The summed E-state index contributed by atoms with van der Waals surface area (Å²) in [6.45, 7) is 10.5. The van der Waals surface area contributed by atoms with Crippen LogP contribution >= 0.6 is 0 Å². The lowest BCUT2D eigenvalue weighted by Gasteiger charge is -2.26. The Morgan fingerprint density at radius 3 is 2.10 bits per heavy atom. The van der Waals surface area contributed by atoms with Gasteiger partial charge in [0, 0.05) is 19.6 Å². The summed E-state index contributed by atoms with van der Waals surface area (Å²) < 4.78 is 12.8. The van der Waals surface area contributed by atoms with Gasteiger partial charge in [-0.2, -0.15) is 0 Å². The van der Waals surface area contributed by atoms with Crippen molar-refractivity contribution in [1.29, 1.82) is 0 Å². The largest absolute Gasteiger partial charge is 0.338 e. The molecular formula is C17H27FN2O. The fraction of sp³-hybridized carbons (Fsp3) is 0.588. The molecule has 0 aliphatic heterocycles. The lowest BCUT2D eigenvalue weighted by molar-refractivity contribution is 0.183. The number of amides is 2. The molecular weight excluding hydrogens is 267 g/mol. The van der Waals surface area contributed by atoms with Crippen LogP contribution in [-0.2, 0) is 6.42 Å². The Morgan fingerprint density at radius 2 is 1.62 bits per heavy atom. The molecule has 0 fully saturated rings. The van der Waals surface area contributed by atoms with Gasteiger partial charge in [0.05, 0.1) is 0 Å². The van der Waals surface area contributed by atoms with Crippen LogP contribution < -0.4 is 5.32 Å². The van der Waals surface area contributed by atoms with E-state index in [4.69, 9.17) is 0 Å². The van der Waals surface area contributed by atoms with Gasteiger partial charge < -0.3 is 10.2 Å². The number of nitrogens with one attached hydrogen (secondary N) is 1. The molecule has 0 unspecified atom stereocenters. The van der Waals surface area contributed by atoms with Crippen LogP contribution in [0.4, 0.5) is 9.18 Å². The van der Waals surface area contributed by atoms with Crippen LogP contribution in [0, 0.1) is 17.7 Å². The van der Waals surface area contributed by atoms with Gasteiger partial charge in [-0.15, -0.1) is 0 Å². The molecule has 118 valence electrons. The van der Waals surface area contributed by atoms with E-state index >= 15 is 0 Å². The smallest absolute Gasteiger partial charge is 0.317 e. The maximum absolute atomic E-state index is 12.8. The van der Waals surface area contributed by atoms with Crippen molar-refractivity contribution < 1.29 is 9.18 Å². The zero-order chi connectivity index (χ0) is 15.8. The zero-order valence-corrected chi connectivity index (χ0v) is 13.5. The molecule has 1 rings (SSSR count). The van der Waals surface area contributed by atoms with Crippen LogP contribution in [0.5, 0.6) is 0 Å². The fourth-order valence-corrected chi connectivity index (χ4v) is 2.20. The van der Waals surface area contributed by atoms with Gasteiger partial charge in [0.15, 0.2) is 0 Å². The summed E-state index contributed by atoms with van der Waals surface area (Å²) in [5.74, 6) is 0.668. The van der Waals surface area contributed by atoms with Crippen LogP contribution in [0.25, 0.3) is 0 Å². The molecule has 0 bridgehead atoms. The summed E-state index contributed by atoms with van der Waals surface area (Å²) in [6.07, 6.45) is 0.712. The molecule has 2 amide bonds. The van der Waals surface area contributed by atoms with Gasteiger partial charge in [0.1, 0.15) is 5.82 Å². The highest BCUT2D eigenvalue weighted by Gasteiger charge is 2.15. The zero-order valence-electron chi connectivity index (χ0n) is 13.5. The van der Waals surface area contributed by atoms with Gasteiger partial charge in [-0.05, 0) is 36.0 Å². The number of halogens is 1. The van der Waals surface area contributed by atoms with Gasteiger partial charge in [0.2, 0.25) is 0 Å². The van der Waals surface area contributed by atoms with E-state index in [1.807, 2.05) is 4.90 Å². The first-order chi connectivity index (χ1) is 9.88. The summed E-state index contributed by atoms with van der Waals surface area (Å²) >= 11 is 0. The van der Waals surface area contributed by atoms with Gasteiger partial charge in [-0.1, -0.05) is 39.8 Å². The molecule has 21 heavy (non-hydrogen) atoms. The maximum atomic E-state index is 12.8. The van der Waals surface area contributed by atoms with Gasteiger partial charge in [0.25, 0.3) is 0 Å². The first kappa shape index (κ1) is 17.5. The number of carbonyl (C=O) groups is 1. The second-order valence-electron chi connectivity index (χ2n) is 6.30. The Bertz CT molecular complexity index is 419. The van der Waals surface area contributed by atoms with E-state index in [1.54, 1.807) is 12.1 Å². The molecule has 0 aliphatic carbocycles. The van der Waals surface area contributed by atoms with Crippen LogP contribution in [0.3, 0.4) is 0 Å². The van der Waals surface area contributed by atoms with Crippen LogP contribution in [0.15, 0.2) is 24.3 Å². The monoisotopic (exact) mass is 294 g/mol. The van der Waals surface area contributed by atoms with E-state index in [0.717, 1.165) is 18.7 Å². The predicted molar refractivity (Wildman–Crippen MR) is 84.8 cm³/mol. The van der Waals surface area contributed by atoms with Gasteiger partial charge in [-0.3, -0.25) is 0 Å². The van der Waals surface area contributed by atoms with Gasteiger partial charge in [-0.25, -0.2) is 9.18 Å². The average molecular weight is 294 g/mol. The minimum absolute atomic E-state index is 0.0143. The van der Waals surface area contributed by atoms with Gasteiger partial charge >= 0.3 is 6.03 Å². The van der Waals surface area contributed by atoms with Crippen LogP contribution in [0.1, 0.15) is 33.3 Å². The van der Waals surface area contributed by atoms with E-state index in [9.17, 15) is 9.18 Å². The van der Waals surface area contributed by atoms with E-state index in [-0.39, 0.29) is 11.8 Å². The van der Waals surface area contributed by atoms with Crippen molar-refractivity contribution in [2.75, 3.05) is 19.6 Å². The summed E-state index contributed by atoms with van der Waals surface area (Å²) in [5.41, 5.74) is 1.02. The predicted octanol–water partition coefficient (Wildman–Crippen LogP) is 3.69. The van der Waals surface area contributed by atoms with E-state index in [0.29, 0.717) is 24.8 Å².